The number of hydrogen-bond acceptors (Lipinski definition) is 3. The molecular formula is C22H32O3. The van der Waals surface area contributed by atoms with Crippen molar-refractivity contribution in [3.63, 3.8) is 0 Å². The standard InChI is InChI=1S/C22H32O3/c1-18(2)14-6-11-20(4)15(19(14,3)10-8-16(18)23)7-13-22(25)17(24)9-12-21(20,22)5/h8,10,14-15,25H,6-7,9,11-13H2,1-5H3/t14-,15+,19-,20+,21-,22-/m0/s1. The molecule has 0 aliphatic heterocycles. The van der Waals surface area contributed by atoms with Gasteiger partial charge in [-0.3, -0.25) is 9.59 Å². The SMILES string of the molecule is CC1(C)C(=O)C=C[C@]2(C)[C@H]3CC[C@]4(O)C(=O)CC[C@@]4(C)[C@]3(C)CC[C@@H]12. The minimum Gasteiger partial charge on any atom is -0.381 e. The zero-order valence-corrected chi connectivity index (χ0v) is 16.3. The minimum atomic E-state index is -1.15. The van der Waals surface area contributed by atoms with E-state index in [2.05, 4.69) is 40.7 Å². The lowest BCUT2D eigenvalue weighted by molar-refractivity contribution is -0.223. The van der Waals surface area contributed by atoms with E-state index in [9.17, 15) is 14.7 Å². The summed E-state index contributed by atoms with van der Waals surface area (Å²) in [6.45, 7) is 11.0. The van der Waals surface area contributed by atoms with E-state index in [-0.39, 0.29) is 33.2 Å². The highest BCUT2D eigenvalue weighted by Crippen LogP contribution is 2.73. The molecule has 25 heavy (non-hydrogen) atoms. The molecule has 0 heterocycles. The molecule has 3 fully saturated rings. The maximum Gasteiger partial charge on any atom is 0.164 e. The normalized spacial score (nSPS) is 54.0. The van der Waals surface area contributed by atoms with Crippen LogP contribution in [-0.4, -0.2) is 22.3 Å². The number of carbonyl (C=O) groups is 2. The number of aliphatic hydroxyl groups is 1. The van der Waals surface area contributed by atoms with Crippen molar-refractivity contribution in [1.82, 2.24) is 0 Å². The van der Waals surface area contributed by atoms with Crippen molar-refractivity contribution < 1.29 is 14.7 Å². The fourth-order valence-electron chi connectivity index (χ4n) is 7.77. The zero-order chi connectivity index (χ0) is 18.5. The van der Waals surface area contributed by atoms with Crippen molar-refractivity contribution in [2.45, 2.75) is 78.7 Å². The second-order valence-electron chi connectivity index (χ2n) is 10.5. The quantitative estimate of drug-likeness (QED) is 0.720. The van der Waals surface area contributed by atoms with Gasteiger partial charge in [0.1, 0.15) is 5.60 Å². The molecule has 6 atom stereocenters. The molecule has 0 bridgehead atoms. The summed E-state index contributed by atoms with van der Waals surface area (Å²) in [4.78, 5) is 25.1. The van der Waals surface area contributed by atoms with E-state index in [4.69, 9.17) is 0 Å². The third-order valence-corrected chi connectivity index (χ3v) is 9.60. The molecule has 3 heteroatoms. The van der Waals surface area contributed by atoms with Gasteiger partial charge in [0.05, 0.1) is 0 Å². The highest BCUT2D eigenvalue weighted by molar-refractivity contribution is 5.96. The van der Waals surface area contributed by atoms with Gasteiger partial charge in [0.25, 0.3) is 0 Å². The van der Waals surface area contributed by atoms with Crippen LogP contribution < -0.4 is 0 Å². The average molecular weight is 344 g/mol. The Hall–Kier alpha value is -0.960. The zero-order valence-electron chi connectivity index (χ0n) is 16.3. The largest absolute Gasteiger partial charge is 0.381 e. The molecular weight excluding hydrogens is 312 g/mol. The topological polar surface area (TPSA) is 54.4 Å². The summed E-state index contributed by atoms with van der Waals surface area (Å²) < 4.78 is 0. The summed E-state index contributed by atoms with van der Waals surface area (Å²) in [6, 6.07) is 0. The fourth-order valence-corrected chi connectivity index (χ4v) is 7.77. The van der Waals surface area contributed by atoms with Gasteiger partial charge in [-0.05, 0) is 60.8 Å². The first-order valence-corrected chi connectivity index (χ1v) is 9.93. The second-order valence-corrected chi connectivity index (χ2v) is 10.5. The Morgan fingerprint density at radius 2 is 1.60 bits per heavy atom. The number of Topliss-reactive ketones (excluding diaryl/α,β-unsaturated/α-hetero) is 1. The molecule has 1 N–H and O–H groups in total. The number of hydrogen-bond donors (Lipinski definition) is 1. The molecule has 4 rings (SSSR count). The summed E-state index contributed by atoms with van der Waals surface area (Å²) in [5.41, 5.74) is -1.94. The summed E-state index contributed by atoms with van der Waals surface area (Å²) in [6.07, 6.45) is 8.73. The van der Waals surface area contributed by atoms with E-state index < -0.39 is 5.60 Å². The number of rotatable bonds is 0. The van der Waals surface area contributed by atoms with Crippen LogP contribution in [0.2, 0.25) is 0 Å². The van der Waals surface area contributed by atoms with E-state index in [1.807, 2.05) is 6.08 Å². The lowest BCUT2D eigenvalue weighted by Crippen LogP contribution is -2.67. The molecule has 3 saturated carbocycles. The van der Waals surface area contributed by atoms with Crippen LogP contribution in [0.15, 0.2) is 12.2 Å². The smallest absolute Gasteiger partial charge is 0.164 e. The monoisotopic (exact) mass is 344 g/mol. The van der Waals surface area contributed by atoms with Gasteiger partial charge in [0.2, 0.25) is 0 Å². The fraction of sp³-hybridized carbons (Fsp3) is 0.818. The summed E-state index contributed by atoms with van der Waals surface area (Å²) >= 11 is 0. The van der Waals surface area contributed by atoms with E-state index in [0.717, 1.165) is 25.7 Å². The highest BCUT2D eigenvalue weighted by Gasteiger charge is 2.72. The van der Waals surface area contributed by atoms with Gasteiger partial charge in [-0.2, -0.15) is 0 Å². The molecule has 0 amide bonds. The second kappa shape index (κ2) is 4.65. The van der Waals surface area contributed by atoms with Gasteiger partial charge in [-0.1, -0.05) is 40.7 Å². The maximum absolute atomic E-state index is 12.6. The molecule has 0 spiro atoms. The number of ketones is 2. The Morgan fingerprint density at radius 1 is 0.960 bits per heavy atom. The lowest BCUT2D eigenvalue weighted by atomic mass is 9.36. The van der Waals surface area contributed by atoms with E-state index in [1.165, 1.54) is 0 Å². The molecule has 4 aliphatic rings. The van der Waals surface area contributed by atoms with Gasteiger partial charge in [-0.25, -0.2) is 0 Å². The molecule has 0 aromatic rings. The highest BCUT2D eigenvalue weighted by atomic mass is 16.3. The van der Waals surface area contributed by atoms with E-state index in [0.29, 0.717) is 24.7 Å². The van der Waals surface area contributed by atoms with E-state index in [1.54, 1.807) is 0 Å². The van der Waals surface area contributed by atoms with Crippen LogP contribution in [0.1, 0.15) is 73.1 Å². The van der Waals surface area contributed by atoms with Gasteiger partial charge in [0, 0.05) is 17.3 Å². The molecule has 0 unspecified atom stereocenters. The van der Waals surface area contributed by atoms with Crippen LogP contribution in [0.25, 0.3) is 0 Å². The number of fused-ring (bicyclic) bond motifs is 5. The molecule has 138 valence electrons. The van der Waals surface area contributed by atoms with Crippen LogP contribution in [-0.2, 0) is 9.59 Å². The van der Waals surface area contributed by atoms with Crippen LogP contribution >= 0.6 is 0 Å². The van der Waals surface area contributed by atoms with Crippen LogP contribution in [0.4, 0.5) is 0 Å². The number of allylic oxidation sites excluding steroid dienone is 2. The Balaban J connectivity index is 1.85. The first-order valence-electron chi connectivity index (χ1n) is 9.93. The molecule has 0 saturated heterocycles. The van der Waals surface area contributed by atoms with Gasteiger partial charge in [0.15, 0.2) is 11.6 Å². The van der Waals surface area contributed by atoms with Gasteiger partial charge < -0.3 is 5.11 Å². The molecule has 0 aromatic carbocycles. The summed E-state index contributed by atoms with van der Waals surface area (Å²) in [5.74, 6) is 1.03. The van der Waals surface area contributed by atoms with Crippen molar-refractivity contribution in [2.24, 2.45) is 33.5 Å². The predicted molar refractivity (Wildman–Crippen MR) is 96.9 cm³/mol. The summed E-state index contributed by atoms with van der Waals surface area (Å²) in [7, 11) is 0. The maximum atomic E-state index is 12.6. The minimum absolute atomic E-state index is 0.0413. The third kappa shape index (κ3) is 1.72. The van der Waals surface area contributed by atoms with Crippen molar-refractivity contribution in [3.05, 3.63) is 12.2 Å². The Morgan fingerprint density at radius 3 is 2.28 bits per heavy atom. The van der Waals surface area contributed by atoms with Crippen molar-refractivity contribution >= 4 is 11.6 Å². The van der Waals surface area contributed by atoms with Gasteiger partial charge >= 0.3 is 0 Å². The van der Waals surface area contributed by atoms with Crippen molar-refractivity contribution in [1.29, 1.82) is 0 Å². The van der Waals surface area contributed by atoms with Crippen LogP contribution in [0.5, 0.6) is 0 Å². The Kier molecular flexibility index (Phi) is 3.25. The van der Waals surface area contributed by atoms with Crippen LogP contribution in [0.3, 0.4) is 0 Å². The van der Waals surface area contributed by atoms with Crippen molar-refractivity contribution in [3.8, 4) is 0 Å². The number of carbonyl (C=O) groups excluding carboxylic acids is 2. The Labute approximate surface area is 151 Å². The lowest BCUT2D eigenvalue weighted by Gasteiger charge is -2.68. The third-order valence-electron chi connectivity index (χ3n) is 9.60. The van der Waals surface area contributed by atoms with Gasteiger partial charge in [-0.15, -0.1) is 0 Å². The predicted octanol–water partition coefficient (Wildman–Crippen LogP) is 4.08. The molecule has 0 radical (unpaired) electrons. The molecule has 0 aromatic heterocycles. The first-order chi connectivity index (χ1) is 11.4. The summed E-state index contributed by atoms with van der Waals surface area (Å²) in [5, 5.41) is 11.3. The first kappa shape index (κ1) is 17.5. The van der Waals surface area contributed by atoms with E-state index >= 15 is 0 Å². The Bertz CT molecular complexity index is 691. The average Bonchev–Trinajstić information content (AvgIpc) is 2.77. The van der Waals surface area contributed by atoms with Crippen LogP contribution in [0, 0.1) is 33.5 Å². The van der Waals surface area contributed by atoms with Crippen molar-refractivity contribution in [2.75, 3.05) is 0 Å². The molecule has 4 aliphatic carbocycles. The molecule has 3 nitrogen and oxygen atoms in total.